The van der Waals surface area contributed by atoms with Crippen molar-refractivity contribution in [3.8, 4) is 10.6 Å². The maximum Gasteiger partial charge on any atom is 0.270 e. The van der Waals surface area contributed by atoms with Crippen molar-refractivity contribution in [2.75, 3.05) is 17.7 Å². The summed E-state index contributed by atoms with van der Waals surface area (Å²) in [6.45, 7) is 6.04. The van der Waals surface area contributed by atoms with Crippen molar-refractivity contribution in [1.82, 2.24) is 25.3 Å². The Hall–Kier alpha value is -3.59. The molecule has 0 spiro atoms. The highest BCUT2D eigenvalue weighted by atomic mass is 32.1. The van der Waals surface area contributed by atoms with Crippen LogP contribution >= 0.6 is 11.3 Å². The number of hydrogen-bond donors (Lipinski definition) is 3. The molecule has 0 saturated heterocycles. The third-order valence-electron chi connectivity index (χ3n) is 4.59. The van der Waals surface area contributed by atoms with Crippen molar-refractivity contribution < 1.29 is 4.79 Å². The maximum absolute atomic E-state index is 12.1. The molecule has 4 aromatic rings. The summed E-state index contributed by atoms with van der Waals surface area (Å²) in [5, 5.41) is 11.1. The molecule has 1 aromatic carbocycles. The zero-order valence-corrected chi connectivity index (χ0v) is 18.5. The topological polar surface area (TPSA) is 105 Å². The smallest absolute Gasteiger partial charge is 0.270 e. The van der Waals surface area contributed by atoms with E-state index in [1.165, 1.54) is 17.7 Å². The van der Waals surface area contributed by atoms with Crippen molar-refractivity contribution >= 4 is 45.3 Å². The number of nitrogens with zero attached hydrogens (tertiary/aromatic N) is 4. The van der Waals surface area contributed by atoms with Gasteiger partial charge in [0.1, 0.15) is 22.8 Å². The average molecular weight is 434 g/mol. The summed E-state index contributed by atoms with van der Waals surface area (Å²) in [4.78, 5) is 30.4. The van der Waals surface area contributed by atoms with Gasteiger partial charge in [0, 0.05) is 53.2 Å². The Morgan fingerprint density at radius 1 is 1.13 bits per heavy atom. The quantitative estimate of drug-likeness (QED) is 0.414. The Morgan fingerprint density at radius 2 is 1.97 bits per heavy atom. The number of rotatable bonds is 6. The van der Waals surface area contributed by atoms with Gasteiger partial charge >= 0.3 is 0 Å². The molecule has 8 nitrogen and oxygen atoms in total. The van der Waals surface area contributed by atoms with Gasteiger partial charge in [-0.25, -0.2) is 19.9 Å². The fraction of sp³-hybridized carbons (Fsp3) is 0.227. The Labute approximate surface area is 184 Å². The molecule has 0 atom stereocenters. The number of carbonyl (C=O) groups is 1. The minimum atomic E-state index is -0.190. The van der Waals surface area contributed by atoms with E-state index in [4.69, 9.17) is 0 Å². The van der Waals surface area contributed by atoms with Gasteiger partial charge in [0.2, 0.25) is 0 Å². The van der Waals surface area contributed by atoms with Crippen LogP contribution in [0.25, 0.3) is 21.5 Å². The third-order valence-corrected chi connectivity index (χ3v) is 5.60. The number of fused-ring (bicyclic) bond motifs is 1. The van der Waals surface area contributed by atoms with E-state index in [9.17, 15) is 4.79 Å². The first-order chi connectivity index (χ1) is 14.9. The van der Waals surface area contributed by atoms with Gasteiger partial charge in [0.25, 0.3) is 5.91 Å². The Kier molecular flexibility index (Phi) is 5.77. The predicted molar refractivity (Wildman–Crippen MR) is 125 cm³/mol. The molecule has 1 amide bonds. The van der Waals surface area contributed by atoms with Gasteiger partial charge in [-0.05, 0) is 39.0 Å². The second kappa shape index (κ2) is 8.65. The van der Waals surface area contributed by atoms with Crippen LogP contribution in [-0.4, -0.2) is 38.9 Å². The van der Waals surface area contributed by atoms with Crippen LogP contribution in [0.5, 0.6) is 0 Å². The lowest BCUT2D eigenvalue weighted by Crippen LogP contribution is -2.19. The van der Waals surface area contributed by atoms with Crippen molar-refractivity contribution in [3.63, 3.8) is 0 Å². The second-order valence-electron chi connectivity index (χ2n) is 7.34. The van der Waals surface area contributed by atoms with Gasteiger partial charge in [-0.1, -0.05) is 0 Å². The summed E-state index contributed by atoms with van der Waals surface area (Å²) in [5.41, 5.74) is 3.98. The van der Waals surface area contributed by atoms with Crippen LogP contribution in [0.4, 0.5) is 17.2 Å². The minimum Gasteiger partial charge on any atom is -0.382 e. The van der Waals surface area contributed by atoms with Gasteiger partial charge in [0.05, 0.1) is 11.1 Å². The third kappa shape index (κ3) is 4.46. The molecule has 0 bridgehead atoms. The highest BCUT2D eigenvalue weighted by molar-refractivity contribution is 7.15. The van der Waals surface area contributed by atoms with Crippen LogP contribution in [0, 0.1) is 6.92 Å². The molecule has 0 aliphatic carbocycles. The number of amides is 1. The van der Waals surface area contributed by atoms with Crippen molar-refractivity contribution in [2.45, 2.75) is 26.8 Å². The SMILES string of the molecule is CNC(=O)c1nc(-c2cnc(Nc3ccc4ncncc4c3)cc2NC(C)C)sc1C. The number of hydrogen-bond acceptors (Lipinski definition) is 8. The lowest BCUT2D eigenvalue weighted by molar-refractivity contribution is 0.0958. The lowest BCUT2D eigenvalue weighted by Gasteiger charge is -2.15. The molecule has 4 rings (SSSR count). The van der Waals surface area contributed by atoms with Crippen LogP contribution in [0.1, 0.15) is 29.2 Å². The number of pyridine rings is 1. The highest BCUT2D eigenvalue weighted by Crippen LogP contribution is 2.34. The van der Waals surface area contributed by atoms with E-state index in [2.05, 4.69) is 49.7 Å². The Balaban J connectivity index is 1.69. The molecule has 9 heteroatoms. The monoisotopic (exact) mass is 433 g/mol. The van der Waals surface area contributed by atoms with Crippen LogP contribution in [0.2, 0.25) is 0 Å². The molecule has 3 N–H and O–H groups in total. The molecule has 158 valence electrons. The summed E-state index contributed by atoms with van der Waals surface area (Å²) in [6.07, 6.45) is 5.10. The maximum atomic E-state index is 12.1. The summed E-state index contributed by atoms with van der Waals surface area (Å²) >= 11 is 1.48. The first-order valence-corrected chi connectivity index (χ1v) is 10.7. The predicted octanol–water partition coefficient (Wildman–Crippen LogP) is 4.38. The molecule has 0 aliphatic rings. The summed E-state index contributed by atoms with van der Waals surface area (Å²) in [6, 6.07) is 8.06. The Morgan fingerprint density at radius 3 is 2.74 bits per heavy atom. The largest absolute Gasteiger partial charge is 0.382 e. The van der Waals surface area contributed by atoms with Gasteiger partial charge in [-0.3, -0.25) is 4.79 Å². The lowest BCUT2D eigenvalue weighted by atomic mass is 10.2. The van der Waals surface area contributed by atoms with E-state index < -0.39 is 0 Å². The number of benzene rings is 1. The first kappa shape index (κ1) is 20.7. The van der Waals surface area contributed by atoms with E-state index in [-0.39, 0.29) is 11.9 Å². The van der Waals surface area contributed by atoms with E-state index in [0.29, 0.717) is 11.5 Å². The minimum absolute atomic E-state index is 0.190. The van der Waals surface area contributed by atoms with Crippen molar-refractivity contribution in [3.05, 3.63) is 53.6 Å². The van der Waals surface area contributed by atoms with Gasteiger partial charge in [0.15, 0.2) is 0 Å². The van der Waals surface area contributed by atoms with E-state index in [0.717, 1.165) is 37.7 Å². The molecule has 0 radical (unpaired) electrons. The molecule has 3 heterocycles. The van der Waals surface area contributed by atoms with Crippen LogP contribution in [0.3, 0.4) is 0 Å². The number of anilines is 3. The normalized spacial score (nSPS) is 11.0. The van der Waals surface area contributed by atoms with Gasteiger partial charge in [-0.15, -0.1) is 11.3 Å². The van der Waals surface area contributed by atoms with E-state index in [1.807, 2.05) is 31.2 Å². The Bertz CT molecular complexity index is 1250. The second-order valence-corrected chi connectivity index (χ2v) is 8.54. The standard InChI is InChI=1S/C22H23N7OS/c1-12(2)27-18-8-19(28-15-5-6-17-14(7-15)9-24-11-26-17)25-10-16(18)22-29-20(13(3)31-22)21(30)23-4/h5-12H,1-4H3,(H,23,30)(H2,25,27,28). The molecule has 0 fully saturated rings. The fourth-order valence-corrected chi connectivity index (χ4v) is 4.11. The molecule has 31 heavy (non-hydrogen) atoms. The van der Waals surface area contributed by atoms with Crippen molar-refractivity contribution in [1.29, 1.82) is 0 Å². The molecule has 0 saturated carbocycles. The van der Waals surface area contributed by atoms with Crippen LogP contribution in [-0.2, 0) is 0 Å². The molecule has 3 aromatic heterocycles. The van der Waals surface area contributed by atoms with E-state index >= 15 is 0 Å². The van der Waals surface area contributed by atoms with Crippen LogP contribution < -0.4 is 16.0 Å². The number of thiazole rings is 1. The molecule has 0 aliphatic heterocycles. The summed E-state index contributed by atoms with van der Waals surface area (Å²) in [7, 11) is 1.60. The number of nitrogens with one attached hydrogen (secondary N) is 3. The number of carbonyl (C=O) groups excluding carboxylic acids is 1. The first-order valence-electron chi connectivity index (χ1n) is 9.88. The number of aromatic nitrogens is 4. The molecule has 0 unspecified atom stereocenters. The number of aryl methyl sites for hydroxylation is 1. The average Bonchev–Trinajstić information content (AvgIpc) is 3.14. The van der Waals surface area contributed by atoms with Crippen LogP contribution in [0.15, 0.2) is 43.0 Å². The van der Waals surface area contributed by atoms with E-state index in [1.54, 1.807) is 19.4 Å². The van der Waals surface area contributed by atoms with Crippen molar-refractivity contribution in [2.24, 2.45) is 0 Å². The highest BCUT2D eigenvalue weighted by Gasteiger charge is 2.18. The zero-order chi connectivity index (χ0) is 22.0. The summed E-state index contributed by atoms with van der Waals surface area (Å²) < 4.78 is 0. The van der Waals surface area contributed by atoms with Gasteiger partial charge < -0.3 is 16.0 Å². The van der Waals surface area contributed by atoms with Gasteiger partial charge in [-0.2, -0.15) is 0 Å². The summed E-state index contributed by atoms with van der Waals surface area (Å²) in [5.74, 6) is 0.507. The molecular weight excluding hydrogens is 410 g/mol. The zero-order valence-electron chi connectivity index (χ0n) is 17.7. The fourth-order valence-electron chi connectivity index (χ4n) is 3.18. The molecular formula is C22H23N7OS.